The first kappa shape index (κ1) is 15.5. The molecule has 0 aliphatic rings. The molecule has 0 spiro atoms. The number of carbonyl (C=O) groups excluding carboxylic acids is 1. The van der Waals surface area contributed by atoms with Gasteiger partial charge in [-0.05, 0) is 36.4 Å². The van der Waals surface area contributed by atoms with E-state index in [4.69, 9.17) is 0 Å². The Morgan fingerprint density at radius 2 is 1.96 bits per heavy atom. The van der Waals surface area contributed by atoms with E-state index in [1.54, 1.807) is 18.2 Å². The van der Waals surface area contributed by atoms with Crippen molar-refractivity contribution in [2.75, 3.05) is 12.4 Å². The van der Waals surface area contributed by atoms with Crippen molar-refractivity contribution in [2.24, 2.45) is 5.16 Å². The number of nitrogens with one attached hydrogen (secondary N) is 2. The molecule has 122 valence electrons. The van der Waals surface area contributed by atoms with E-state index in [1.165, 1.54) is 31.4 Å². The lowest BCUT2D eigenvalue weighted by molar-refractivity contribution is 0.186. The van der Waals surface area contributed by atoms with Crippen LogP contribution in [0.2, 0.25) is 0 Å². The SMILES string of the molecule is COC(=O)Nc1nc2ccc(/C(=N/O)c3ccc(F)cc3)cc2[nH]1. The van der Waals surface area contributed by atoms with Gasteiger partial charge in [-0.25, -0.2) is 14.2 Å². The van der Waals surface area contributed by atoms with Gasteiger partial charge in [0.1, 0.15) is 11.5 Å². The van der Waals surface area contributed by atoms with Crippen molar-refractivity contribution < 1.29 is 19.1 Å². The van der Waals surface area contributed by atoms with E-state index in [0.29, 0.717) is 22.2 Å². The summed E-state index contributed by atoms with van der Waals surface area (Å²) >= 11 is 0. The number of carbonyl (C=O) groups is 1. The fourth-order valence-electron chi connectivity index (χ4n) is 2.25. The zero-order valence-corrected chi connectivity index (χ0v) is 12.6. The lowest BCUT2D eigenvalue weighted by Gasteiger charge is -2.05. The third-order valence-corrected chi connectivity index (χ3v) is 3.38. The highest BCUT2D eigenvalue weighted by molar-refractivity contribution is 6.13. The number of hydrogen-bond acceptors (Lipinski definition) is 5. The molecule has 8 heteroatoms. The molecule has 1 heterocycles. The summed E-state index contributed by atoms with van der Waals surface area (Å²) < 4.78 is 17.5. The van der Waals surface area contributed by atoms with Gasteiger partial charge in [0, 0.05) is 11.1 Å². The van der Waals surface area contributed by atoms with E-state index in [-0.39, 0.29) is 17.5 Å². The first-order chi connectivity index (χ1) is 11.6. The minimum absolute atomic E-state index is 0.235. The van der Waals surface area contributed by atoms with Crippen LogP contribution in [0.15, 0.2) is 47.6 Å². The maximum absolute atomic E-state index is 13.0. The standard InChI is InChI=1S/C16H13FN4O3/c1-24-16(22)20-15-18-12-7-4-10(8-13(12)19-15)14(21-23)9-2-5-11(17)6-3-9/h2-8,23H,1H3,(H2,18,19,20,22)/b21-14+. The molecule has 0 radical (unpaired) electrons. The number of nitrogens with zero attached hydrogens (tertiary/aromatic N) is 2. The molecule has 0 saturated carbocycles. The largest absolute Gasteiger partial charge is 0.453 e. The number of benzene rings is 2. The second kappa shape index (κ2) is 6.37. The van der Waals surface area contributed by atoms with Gasteiger partial charge >= 0.3 is 6.09 Å². The van der Waals surface area contributed by atoms with E-state index in [0.717, 1.165) is 0 Å². The Hall–Kier alpha value is -3.42. The van der Waals surface area contributed by atoms with Gasteiger partial charge in [0.15, 0.2) is 0 Å². The molecule has 0 unspecified atom stereocenters. The molecular formula is C16H13FN4O3. The Bertz CT molecular complexity index is 919. The molecule has 24 heavy (non-hydrogen) atoms. The molecule has 0 fully saturated rings. The third-order valence-electron chi connectivity index (χ3n) is 3.38. The lowest BCUT2D eigenvalue weighted by atomic mass is 10.0. The Kier molecular flexibility index (Phi) is 4.11. The Labute approximate surface area is 135 Å². The van der Waals surface area contributed by atoms with E-state index < -0.39 is 6.09 Å². The van der Waals surface area contributed by atoms with Crippen molar-refractivity contribution in [3.63, 3.8) is 0 Å². The number of anilines is 1. The van der Waals surface area contributed by atoms with Crippen LogP contribution < -0.4 is 5.32 Å². The molecule has 3 N–H and O–H groups in total. The van der Waals surface area contributed by atoms with Crippen LogP contribution in [0.4, 0.5) is 15.1 Å². The second-order valence-corrected chi connectivity index (χ2v) is 4.89. The van der Waals surface area contributed by atoms with Gasteiger partial charge < -0.3 is 14.9 Å². The average Bonchev–Trinajstić information content (AvgIpc) is 2.98. The highest BCUT2D eigenvalue weighted by Gasteiger charge is 2.12. The summed E-state index contributed by atoms with van der Waals surface area (Å²) in [5.41, 5.74) is 2.69. The molecular weight excluding hydrogens is 315 g/mol. The molecule has 0 aliphatic carbocycles. The second-order valence-electron chi connectivity index (χ2n) is 4.89. The number of amides is 1. The molecule has 2 aromatic carbocycles. The third kappa shape index (κ3) is 3.02. The van der Waals surface area contributed by atoms with Crippen LogP contribution in [0.3, 0.4) is 0 Å². The molecule has 1 aromatic heterocycles. The van der Waals surface area contributed by atoms with Crippen LogP contribution in [0, 0.1) is 5.82 Å². The van der Waals surface area contributed by atoms with Crippen molar-refractivity contribution >= 4 is 28.8 Å². The Morgan fingerprint density at radius 1 is 1.25 bits per heavy atom. The van der Waals surface area contributed by atoms with Gasteiger partial charge in [-0.15, -0.1) is 0 Å². The van der Waals surface area contributed by atoms with Gasteiger partial charge in [0.05, 0.1) is 18.1 Å². The number of aromatic amines is 1. The van der Waals surface area contributed by atoms with Gasteiger partial charge in [-0.1, -0.05) is 11.2 Å². The predicted octanol–water partition coefficient (Wildman–Crippen LogP) is 3.11. The summed E-state index contributed by atoms with van der Waals surface area (Å²) in [6, 6.07) is 10.7. The van der Waals surface area contributed by atoms with Crippen molar-refractivity contribution in [1.29, 1.82) is 0 Å². The first-order valence-corrected chi connectivity index (χ1v) is 6.94. The molecule has 1 amide bonds. The zero-order valence-electron chi connectivity index (χ0n) is 12.6. The fourth-order valence-corrected chi connectivity index (χ4v) is 2.25. The number of halogens is 1. The summed E-state index contributed by atoms with van der Waals surface area (Å²) in [7, 11) is 1.25. The summed E-state index contributed by atoms with van der Waals surface area (Å²) in [6.45, 7) is 0. The average molecular weight is 328 g/mol. The number of methoxy groups -OCH3 is 1. The van der Waals surface area contributed by atoms with Crippen molar-refractivity contribution in [3.05, 3.63) is 59.4 Å². The molecule has 0 aliphatic heterocycles. The van der Waals surface area contributed by atoms with Crippen LogP contribution in [-0.4, -0.2) is 34.1 Å². The van der Waals surface area contributed by atoms with E-state index >= 15 is 0 Å². The summed E-state index contributed by atoms with van der Waals surface area (Å²) in [6.07, 6.45) is -0.641. The fraction of sp³-hybridized carbons (Fsp3) is 0.0625. The van der Waals surface area contributed by atoms with Gasteiger partial charge in [0.25, 0.3) is 0 Å². The number of rotatable bonds is 3. The number of fused-ring (bicyclic) bond motifs is 1. The quantitative estimate of drug-likeness (QED) is 0.391. The van der Waals surface area contributed by atoms with Crippen LogP contribution in [0.1, 0.15) is 11.1 Å². The maximum atomic E-state index is 13.0. The summed E-state index contributed by atoms with van der Waals surface area (Å²) in [4.78, 5) is 18.3. The first-order valence-electron chi connectivity index (χ1n) is 6.94. The van der Waals surface area contributed by atoms with Crippen LogP contribution in [-0.2, 0) is 4.74 Å². The van der Waals surface area contributed by atoms with E-state index in [1.807, 2.05) is 0 Å². The number of hydrogen-bond donors (Lipinski definition) is 3. The Balaban J connectivity index is 1.97. The monoisotopic (exact) mass is 328 g/mol. The minimum Gasteiger partial charge on any atom is -0.453 e. The van der Waals surface area contributed by atoms with E-state index in [9.17, 15) is 14.4 Å². The number of imidazole rings is 1. The molecule has 0 saturated heterocycles. The number of ether oxygens (including phenoxy) is 1. The van der Waals surface area contributed by atoms with Crippen LogP contribution in [0.5, 0.6) is 0 Å². The number of H-pyrrole nitrogens is 1. The molecule has 7 nitrogen and oxygen atoms in total. The Morgan fingerprint density at radius 3 is 2.62 bits per heavy atom. The molecule has 3 aromatic rings. The topological polar surface area (TPSA) is 99.6 Å². The minimum atomic E-state index is -0.641. The number of oxime groups is 1. The van der Waals surface area contributed by atoms with Crippen LogP contribution >= 0.6 is 0 Å². The summed E-state index contributed by atoms with van der Waals surface area (Å²) in [5.74, 6) is -0.142. The van der Waals surface area contributed by atoms with Gasteiger partial charge in [0.2, 0.25) is 5.95 Å². The van der Waals surface area contributed by atoms with Crippen molar-refractivity contribution in [2.45, 2.75) is 0 Å². The molecule has 0 bridgehead atoms. The highest BCUT2D eigenvalue weighted by Crippen LogP contribution is 2.19. The normalized spacial score (nSPS) is 11.5. The van der Waals surface area contributed by atoms with Gasteiger partial charge in [-0.3, -0.25) is 5.32 Å². The summed E-state index contributed by atoms with van der Waals surface area (Å²) in [5, 5.41) is 15.1. The molecule has 0 atom stereocenters. The van der Waals surface area contributed by atoms with Crippen molar-refractivity contribution in [1.82, 2.24) is 9.97 Å². The zero-order chi connectivity index (χ0) is 17.1. The number of aromatic nitrogens is 2. The van der Waals surface area contributed by atoms with Crippen molar-refractivity contribution in [3.8, 4) is 0 Å². The predicted molar refractivity (Wildman–Crippen MR) is 85.9 cm³/mol. The van der Waals surface area contributed by atoms with E-state index in [2.05, 4.69) is 25.2 Å². The maximum Gasteiger partial charge on any atom is 0.413 e. The van der Waals surface area contributed by atoms with Crippen LogP contribution in [0.25, 0.3) is 11.0 Å². The van der Waals surface area contributed by atoms with Gasteiger partial charge in [-0.2, -0.15) is 0 Å². The lowest BCUT2D eigenvalue weighted by Crippen LogP contribution is -2.11. The molecule has 3 rings (SSSR count). The highest BCUT2D eigenvalue weighted by atomic mass is 19.1. The smallest absolute Gasteiger partial charge is 0.413 e.